The van der Waals surface area contributed by atoms with Gasteiger partial charge >= 0.3 is 0 Å². The van der Waals surface area contributed by atoms with Crippen LogP contribution in [0.1, 0.15) is 18.4 Å². The molecular formula is C14H23N3O2S. The van der Waals surface area contributed by atoms with E-state index in [1.807, 2.05) is 0 Å². The van der Waals surface area contributed by atoms with Gasteiger partial charge in [-0.3, -0.25) is 0 Å². The van der Waals surface area contributed by atoms with E-state index in [-0.39, 0.29) is 6.04 Å². The van der Waals surface area contributed by atoms with E-state index in [1.54, 1.807) is 32.2 Å². The second kappa shape index (κ2) is 5.71. The van der Waals surface area contributed by atoms with Gasteiger partial charge in [0.1, 0.15) is 0 Å². The van der Waals surface area contributed by atoms with Crippen LogP contribution in [0.2, 0.25) is 0 Å². The van der Waals surface area contributed by atoms with Gasteiger partial charge in [-0.1, -0.05) is 0 Å². The molecule has 2 rings (SSSR count). The number of piperidine rings is 1. The van der Waals surface area contributed by atoms with Crippen LogP contribution in [0, 0.1) is 6.92 Å². The third kappa shape index (κ3) is 2.97. The molecule has 0 atom stereocenters. The quantitative estimate of drug-likeness (QED) is 0.854. The first-order chi connectivity index (χ1) is 9.32. The summed E-state index contributed by atoms with van der Waals surface area (Å²) in [6, 6.07) is 5.02. The van der Waals surface area contributed by atoms with Crippen LogP contribution in [0.15, 0.2) is 23.1 Å². The number of nitrogens with zero attached hydrogens (tertiary/aromatic N) is 2. The van der Waals surface area contributed by atoms with E-state index >= 15 is 0 Å². The zero-order chi connectivity index (χ0) is 14.9. The summed E-state index contributed by atoms with van der Waals surface area (Å²) in [6.45, 7) is 3.65. The number of hydrogen-bond acceptors (Lipinski definition) is 4. The molecular weight excluding hydrogens is 274 g/mol. The molecule has 2 N–H and O–H groups in total. The normalized spacial score (nSPS) is 18.6. The molecule has 0 bridgehead atoms. The number of nitrogen functional groups attached to an aromatic ring is 1. The van der Waals surface area contributed by atoms with Crippen LogP contribution in [0.4, 0.5) is 5.69 Å². The molecule has 0 unspecified atom stereocenters. The minimum absolute atomic E-state index is 0.0770. The maximum absolute atomic E-state index is 12.7. The molecule has 20 heavy (non-hydrogen) atoms. The fourth-order valence-corrected chi connectivity index (χ4v) is 4.29. The Labute approximate surface area is 121 Å². The number of hydrogen-bond donors (Lipinski definition) is 1. The van der Waals surface area contributed by atoms with Crippen LogP contribution in [0.3, 0.4) is 0 Å². The van der Waals surface area contributed by atoms with E-state index in [2.05, 4.69) is 11.9 Å². The molecule has 5 nitrogen and oxygen atoms in total. The first kappa shape index (κ1) is 15.3. The SMILES string of the molecule is Cc1cc(N)ccc1S(=O)(=O)N(C)C1CCN(C)CC1. The summed E-state index contributed by atoms with van der Waals surface area (Å²) >= 11 is 0. The molecule has 1 fully saturated rings. The van der Waals surface area contributed by atoms with E-state index in [9.17, 15) is 8.42 Å². The first-order valence-electron chi connectivity index (χ1n) is 6.85. The highest BCUT2D eigenvalue weighted by molar-refractivity contribution is 7.89. The molecule has 1 aromatic carbocycles. The Morgan fingerprint density at radius 2 is 1.90 bits per heavy atom. The van der Waals surface area contributed by atoms with Crippen molar-refractivity contribution >= 4 is 15.7 Å². The van der Waals surface area contributed by atoms with E-state index in [4.69, 9.17) is 5.73 Å². The molecule has 0 aliphatic carbocycles. The Bertz CT molecular complexity index is 578. The van der Waals surface area contributed by atoms with E-state index in [1.165, 1.54) is 4.31 Å². The molecule has 1 aliphatic rings. The van der Waals surface area contributed by atoms with E-state index < -0.39 is 10.0 Å². The van der Waals surface area contributed by atoms with Gasteiger partial charge in [0.25, 0.3) is 0 Å². The molecule has 1 heterocycles. The third-order valence-corrected chi connectivity index (χ3v) is 6.13. The average Bonchev–Trinajstić information content (AvgIpc) is 2.38. The molecule has 1 saturated heterocycles. The monoisotopic (exact) mass is 297 g/mol. The number of anilines is 1. The molecule has 1 aliphatic heterocycles. The summed E-state index contributed by atoms with van der Waals surface area (Å²) in [7, 11) is 0.302. The number of sulfonamides is 1. The van der Waals surface area contributed by atoms with Crippen LogP contribution in [-0.4, -0.2) is 50.8 Å². The lowest BCUT2D eigenvalue weighted by Crippen LogP contribution is -2.44. The first-order valence-corrected chi connectivity index (χ1v) is 8.29. The van der Waals surface area contributed by atoms with Gasteiger partial charge in [-0.15, -0.1) is 0 Å². The van der Waals surface area contributed by atoms with Crippen molar-refractivity contribution in [3.8, 4) is 0 Å². The average molecular weight is 297 g/mol. The van der Waals surface area contributed by atoms with Crippen molar-refractivity contribution in [1.82, 2.24) is 9.21 Å². The van der Waals surface area contributed by atoms with Gasteiger partial charge in [-0.05, 0) is 63.7 Å². The molecule has 6 heteroatoms. The van der Waals surface area contributed by atoms with Gasteiger partial charge in [0.15, 0.2) is 0 Å². The van der Waals surface area contributed by atoms with Crippen molar-refractivity contribution in [1.29, 1.82) is 0 Å². The molecule has 0 radical (unpaired) electrons. The maximum Gasteiger partial charge on any atom is 0.243 e. The second-order valence-electron chi connectivity index (χ2n) is 5.58. The summed E-state index contributed by atoms with van der Waals surface area (Å²) < 4.78 is 27.0. The highest BCUT2D eigenvalue weighted by Crippen LogP contribution is 2.25. The molecule has 1 aromatic rings. The lowest BCUT2D eigenvalue weighted by Gasteiger charge is -2.34. The predicted molar refractivity (Wildman–Crippen MR) is 81.1 cm³/mol. The Balaban J connectivity index is 2.25. The van der Waals surface area contributed by atoms with Crippen molar-refractivity contribution < 1.29 is 8.42 Å². The fraction of sp³-hybridized carbons (Fsp3) is 0.571. The van der Waals surface area contributed by atoms with Crippen LogP contribution in [0.25, 0.3) is 0 Å². The molecule has 0 amide bonds. The second-order valence-corrected chi connectivity index (χ2v) is 7.55. The van der Waals surface area contributed by atoms with Crippen LogP contribution in [-0.2, 0) is 10.0 Å². The summed E-state index contributed by atoms with van der Waals surface area (Å²) in [5.74, 6) is 0. The summed E-state index contributed by atoms with van der Waals surface area (Å²) in [5, 5.41) is 0. The number of benzene rings is 1. The van der Waals surface area contributed by atoms with Crippen LogP contribution >= 0.6 is 0 Å². The van der Waals surface area contributed by atoms with Gasteiger partial charge in [0, 0.05) is 18.8 Å². The third-order valence-electron chi connectivity index (χ3n) is 4.06. The van der Waals surface area contributed by atoms with Crippen molar-refractivity contribution in [3.63, 3.8) is 0 Å². The van der Waals surface area contributed by atoms with Gasteiger partial charge in [-0.25, -0.2) is 8.42 Å². The standard InChI is InChI=1S/C14H23N3O2S/c1-11-10-12(15)4-5-14(11)20(18,19)17(3)13-6-8-16(2)9-7-13/h4-5,10,13H,6-9,15H2,1-3H3. The molecule has 112 valence electrons. The Hall–Kier alpha value is -1.11. The zero-order valence-electron chi connectivity index (χ0n) is 12.3. The summed E-state index contributed by atoms with van der Waals surface area (Å²) in [5.41, 5.74) is 6.98. The number of likely N-dealkylation sites (tertiary alicyclic amines) is 1. The van der Waals surface area contributed by atoms with Gasteiger partial charge in [0.2, 0.25) is 10.0 Å². The Morgan fingerprint density at radius 1 is 1.30 bits per heavy atom. The fourth-order valence-electron chi connectivity index (χ4n) is 2.67. The van der Waals surface area contributed by atoms with Gasteiger partial charge in [0.05, 0.1) is 4.90 Å². The van der Waals surface area contributed by atoms with Crippen molar-refractivity contribution in [3.05, 3.63) is 23.8 Å². The van der Waals surface area contributed by atoms with Gasteiger partial charge < -0.3 is 10.6 Å². The molecule has 0 spiro atoms. The Kier molecular flexibility index (Phi) is 4.36. The maximum atomic E-state index is 12.7. The molecule has 0 aromatic heterocycles. The lowest BCUT2D eigenvalue weighted by molar-refractivity contribution is 0.197. The summed E-state index contributed by atoms with van der Waals surface area (Å²) in [6.07, 6.45) is 1.75. The minimum atomic E-state index is -3.44. The summed E-state index contributed by atoms with van der Waals surface area (Å²) in [4.78, 5) is 2.58. The minimum Gasteiger partial charge on any atom is -0.399 e. The number of nitrogens with two attached hydrogens (primary N) is 1. The smallest absolute Gasteiger partial charge is 0.243 e. The van der Waals surface area contributed by atoms with Crippen LogP contribution in [0.5, 0.6) is 0 Å². The Morgan fingerprint density at radius 3 is 2.45 bits per heavy atom. The highest BCUT2D eigenvalue weighted by Gasteiger charge is 2.30. The van der Waals surface area contributed by atoms with Gasteiger partial charge in [-0.2, -0.15) is 4.31 Å². The number of aryl methyl sites for hydroxylation is 1. The van der Waals surface area contributed by atoms with Crippen LogP contribution < -0.4 is 5.73 Å². The topological polar surface area (TPSA) is 66.6 Å². The molecule has 0 saturated carbocycles. The largest absolute Gasteiger partial charge is 0.399 e. The van der Waals surface area contributed by atoms with E-state index in [0.717, 1.165) is 25.9 Å². The van der Waals surface area contributed by atoms with E-state index in [0.29, 0.717) is 16.1 Å². The lowest BCUT2D eigenvalue weighted by atomic mass is 10.1. The highest BCUT2D eigenvalue weighted by atomic mass is 32.2. The van der Waals surface area contributed by atoms with Crippen molar-refractivity contribution in [2.75, 3.05) is 32.9 Å². The predicted octanol–water partition coefficient (Wildman–Crippen LogP) is 1.29. The van der Waals surface area contributed by atoms with Crippen molar-refractivity contribution in [2.24, 2.45) is 0 Å². The van der Waals surface area contributed by atoms with Crippen molar-refractivity contribution in [2.45, 2.75) is 30.7 Å². The zero-order valence-corrected chi connectivity index (χ0v) is 13.2. The number of rotatable bonds is 3.